The summed E-state index contributed by atoms with van der Waals surface area (Å²) in [6.45, 7) is 6.89. The topological polar surface area (TPSA) is 82.8 Å². The number of carbonyl (C=O) groups excluding carboxylic acids is 1. The van der Waals surface area contributed by atoms with Crippen LogP contribution in [0.3, 0.4) is 0 Å². The van der Waals surface area contributed by atoms with E-state index in [1.165, 1.54) is 6.07 Å². The first-order valence-electron chi connectivity index (χ1n) is 13.1. The first kappa shape index (κ1) is 24.7. The molecule has 0 aliphatic carbocycles. The van der Waals surface area contributed by atoms with E-state index in [-0.39, 0.29) is 23.3 Å². The molecule has 38 heavy (non-hydrogen) atoms. The second-order valence-electron chi connectivity index (χ2n) is 11.3. The van der Waals surface area contributed by atoms with E-state index in [0.29, 0.717) is 23.1 Å². The van der Waals surface area contributed by atoms with Gasteiger partial charge >= 0.3 is 0 Å². The molecule has 0 bridgehead atoms. The van der Waals surface area contributed by atoms with Crippen molar-refractivity contribution in [1.29, 1.82) is 0 Å². The predicted molar refractivity (Wildman–Crippen MR) is 144 cm³/mol. The molecule has 8 heteroatoms. The quantitative estimate of drug-likeness (QED) is 0.403. The Labute approximate surface area is 221 Å². The van der Waals surface area contributed by atoms with E-state index in [9.17, 15) is 14.3 Å². The lowest BCUT2D eigenvalue weighted by atomic mass is 9.81. The molecule has 7 nitrogen and oxygen atoms in total. The summed E-state index contributed by atoms with van der Waals surface area (Å²) < 4.78 is 15.6. The second-order valence-corrected chi connectivity index (χ2v) is 11.3. The number of pyridine rings is 2. The lowest BCUT2D eigenvalue weighted by Gasteiger charge is -2.52. The molecular weight excluding hydrogens is 481 g/mol. The lowest BCUT2D eigenvalue weighted by Crippen LogP contribution is -2.63. The van der Waals surface area contributed by atoms with E-state index in [2.05, 4.69) is 34.1 Å². The molecule has 0 radical (unpaired) electrons. The van der Waals surface area contributed by atoms with Crippen LogP contribution in [0.4, 0.5) is 4.39 Å². The zero-order valence-corrected chi connectivity index (χ0v) is 21.9. The molecule has 3 aromatic heterocycles. The van der Waals surface area contributed by atoms with Crippen LogP contribution in [0.15, 0.2) is 61.1 Å². The van der Waals surface area contributed by atoms with Crippen molar-refractivity contribution in [2.24, 2.45) is 0 Å². The molecule has 2 aliphatic rings. The number of hydrogen-bond donors (Lipinski definition) is 2. The average Bonchev–Trinajstić information content (AvgIpc) is 3.49. The number of aryl methyl sites for hydroxylation is 1. The Bertz CT molecular complexity index is 1550. The fraction of sp³-hybridized carbons (Fsp3) is 0.367. The molecular formula is C30H32FN5O2. The van der Waals surface area contributed by atoms with Gasteiger partial charge in [-0.15, -0.1) is 0 Å². The van der Waals surface area contributed by atoms with Crippen molar-refractivity contribution in [3.05, 3.63) is 78.0 Å². The molecule has 2 aliphatic heterocycles. The van der Waals surface area contributed by atoms with Crippen molar-refractivity contribution in [3.8, 4) is 22.4 Å². The van der Waals surface area contributed by atoms with Gasteiger partial charge in [0, 0.05) is 48.1 Å². The summed E-state index contributed by atoms with van der Waals surface area (Å²) in [5.41, 5.74) is 3.97. The van der Waals surface area contributed by atoms with Gasteiger partial charge in [-0.3, -0.25) is 14.7 Å². The number of benzene rings is 1. The molecule has 6 rings (SSSR count). The molecule has 5 heterocycles. The molecule has 2 atom stereocenters. The molecule has 2 N–H and O–H groups in total. The number of carbonyl (C=O) groups is 1. The number of amides is 1. The Morgan fingerprint density at radius 3 is 2.82 bits per heavy atom. The number of piperidine rings is 1. The summed E-state index contributed by atoms with van der Waals surface area (Å²) in [7, 11) is 0. The Hall–Kier alpha value is -3.62. The number of aliphatic hydroxyl groups is 1. The van der Waals surface area contributed by atoms with Gasteiger partial charge in [0.2, 0.25) is 0 Å². The van der Waals surface area contributed by atoms with Crippen LogP contribution in [0.25, 0.3) is 27.9 Å². The smallest absolute Gasteiger partial charge is 0.255 e. The minimum absolute atomic E-state index is 0.137. The van der Waals surface area contributed by atoms with Gasteiger partial charge in [0.05, 0.1) is 23.0 Å². The Morgan fingerprint density at radius 1 is 1.16 bits per heavy atom. The molecule has 4 aromatic rings. The average molecular weight is 514 g/mol. The van der Waals surface area contributed by atoms with Gasteiger partial charge in [-0.05, 0) is 87.6 Å². The minimum Gasteiger partial charge on any atom is -0.376 e. The van der Waals surface area contributed by atoms with Gasteiger partial charge in [-0.2, -0.15) is 5.10 Å². The molecule has 0 saturated carbocycles. The predicted octanol–water partition coefficient (Wildman–Crippen LogP) is 4.97. The summed E-state index contributed by atoms with van der Waals surface area (Å²) in [6, 6.07) is 12.6. The van der Waals surface area contributed by atoms with Gasteiger partial charge in [-0.25, -0.2) is 8.91 Å². The SMILES string of the molecule is Cc1cc(-c2ncccc2-c2ccn3ncc(C(=O)N[C@H]4CC(C)(C)N5CCC[C@@]5(O)C4)c3c2)ccc1F. The van der Waals surface area contributed by atoms with Gasteiger partial charge in [0.25, 0.3) is 5.91 Å². The summed E-state index contributed by atoms with van der Waals surface area (Å²) in [4.78, 5) is 20.3. The normalized spacial score (nSPS) is 22.9. The first-order chi connectivity index (χ1) is 18.1. The van der Waals surface area contributed by atoms with Crippen molar-refractivity contribution in [2.45, 2.75) is 63.8 Å². The zero-order valence-electron chi connectivity index (χ0n) is 21.9. The summed E-state index contributed by atoms with van der Waals surface area (Å²) in [5, 5.41) is 18.9. The summed E-state index contributed by atoms with van der Waals surface area (Å²) >= 11 is 0. The number of aromatic nitrogens is 3. The third kappa shape index (κ3) is 4.18. The van der Waals surface area contributed by atoms with Crippen LogP contribution in [-0.4, -0.2) is 54.4 Å². The maximum atomic E-state index is 13.9. The number of fused-ring (bicyclic) bond motifs is 2. The number of nitrogens with one attached hydrogen (secondary N) is 1. The van der Waals surface area contributed by atoms with Crippen LogP contribution in [0, 0.1) is 12.7 Å². The molecule has 2 saturated heterocycles. The van der Waals surface area contributed by atoms with Crippen LogP contribution >= 0.6 is 0 Å². The van der Waals surface area contributed by atoms with E-state index < -0.39 is 5.72 Å². The highest BCUT2D eigenvalue weighted by atomic mass is 19.1. The minimum atomic E-state index is -0.872. The van der Waals surface area contributed by atoms with Crippen LogP contribution < -0.4 is 5.32 Å². The van der Waals surface area contributed by atoms with E-state index in [1.807, 2.05) is 30.5 Å². The van der Waals surface area contributed by atoms with Crippen molar-refractivity contribution in [2.75, 3.05) is 6.54 Å². The van der Waals surface area contributed by atoms with Crippen LogP contribution in [0.1, 0.15) is 55.5 Å². The second kappa shape index (κ2) is 8.99. The Morgan fingerprint density at radius 2 is 2.00 bits per heavy atom. The monoisotopic (exact) mass is 513 g/mol. The first-order valence-corrected chi connectivity index (χ1v) is 13.1. The van der Waals surface area contributed by atoms with Crippen molar-refractivity contribution < 1.29 is 14.3 Å². The van der Waals surface area contributed by atoms with Gasteiger partial charge in [-0.1, -0.05) is 6.07 Å². The molecule has 0 unspecified atom stereocenters. The largest absolute Gasteiger partial charge is 0.376 e. The third-order valence-electron chi connectivity index (χ3n) is 8.16. The molecule has 0 spiro atoms. The molecule has 2 fully saturated rings. The Balaban J connectivity index is 1.32. The fourth-order valence-corrected chi connectivity index (χ4v) is 6.47. The summed E-state index contributed by atoms with van der Waals surface area (Å²) in [5.74, 6) is -0.453. The number of halogens is 1. The summed E-state index contributed by atoms with van der Waals surface area (Å²) in [6.07, 6.45) is 8.11. The highest BCUT2D eigenvalue weighted by Gasteiger charge is 2.52. The van der Waals surface area contributed by atoms with Crippen LogP contribution in [0.2, 0.25) is 0 Å². The third-order valence-corrected chi connectivity index (χ3v) is 8.16. The highest BCUT2D eigenvalue weighted by Crippen LogP contribution is 2.43. The molecule has 1 aromatic carbocycles. The molecule has 1 amide bonds. The van der Waals surface area contributed by atoms with Crippen molar-refractivity contribution in [3.63, 3.8) is 0 Å². The maximum Gasteiger partial charge on any atom is 0.255 e. The van der Waals surface area contributed by atoms with Crippen molar-refractivity contribution in [1.82, 2.24) is 24.8 Å². The van der Waals surface area contributed by atoms with E-state index in [1.54, 1.807) is 36.0 Å². The zero-order chi connectivity index (χ0) is 26.7. The van der Waals surface area contributed by atoms with Crippen LogP contribution in [-0.2, 0) is 0 Å². The fourth-order valence-electron chi connectivity index (χ4n) is 6.47. The van der Waals surface area contributed by atoms with Crippen molar-refractivity contribution >= 4 is 11.4 Å². The van der Waals surface area contributed by atoms with E-state index >= 15 is 0 Å². The standard InChI is InChI=1S/C30H32FN5O2/c1-19-14-21(7-8-25(19)31)27-23(6-4-11-32-27)20-9-13-35-26(15-20)24(18-33-35)28(37)34-22-16-29(2,3)36-12-5-10-30(36,38)17-22/h4,6-9,11,13-15,18,22,38H,5,10,12,16-17H2,1-3H3,(H,34,37)/t22-,30+/m0/s1. The van der Waals surface area contributed by atoms with Crippen LogP contribution in [0.5, 0.6) is 0 Å². The highest BCUT2D eigenvalue weighted by molar-refractivity contribution is 6.01. The Kier molecular flexibility index (Phi) is 5.85. The molecule has 196 valence electrons. The number of rotatable bonds is 4. The van der Waals surface area contributed by atoms with E-state index in [4.69, 9.17) is 0 Å². The number of nitrogens with zero attached hydrogens (tertiary/aromatic N) is 4. The van der Waals surface area contributed by atoms with Gasteiger partial charge < -0.3 is 10.4 Å². The maximum absolute atomic E-state index is 13.9. The van der Waals surface area contributed by atoms with Gasteiger partial charge in [0.1, 0.15) is 11.5 Å². The van der Waals surface area contributed by atoms with E-state index in [0.717, 1.165) is 48.2 Å². The number of hydrogen-bond acceptors (Lipinski definition) is 5. The van der Waals surface area contributed by atoms with Gasteiger partial charge in [0.15, 0.2) is 0 Å². The lowest BCUT2D eigenvalue weighted by molar-refractivity contribution is -0.160.